The molecule has 0 saturated carbocycles. The van der Waals surface area contributed by atoms with Crippen molar-refractivity contribution in [2.24, 2.45) is 0 Å². The number of ketones is 1. The number of hydrogen-bond donors (Lipinski definition) is 1. The summed E-state index contributed by atoms with van der Waals surface area (Å²) in [5, 5.41) is 0. The smallest absolute Gasteiger partial charge is 0.159 e. The average molecular weight is 222 g/mol. The molecule has 0 spiro atoms. The second-order valence-electron chi connectivity index (χ2n) is 3.70. The second kappa shape index (κ2) is 5.63. The molecule has 0 atom stereocenters. The Hall–Kier alpha value is -1.39. The number of carbonyl (C=O) groups is 1. The molecule has 0 aromatic heterocycles. The van der Waals surface area contributed by atoms with E-state index in [9.17, 15) is 4.79 Å². The third kappa shape index (κ3) is 2.81. The van der Waals surface area contributed by atoms with E-state index in [0.29, 0.717) is 0 Å². The largest absolute Gasteiger partial charge is 0.378 e. The fourth-order valence-electron chi connectivity index (χ4n) is 1.73. The summed E-state index contributed by atoms with van der Waals surface area (Å²) >= 11 is 0. The molecule has 2 rings (SSSR count). The van der Waals surface area contributed by atoms with Crippen molar-refractivity contribution in [2.45, 2.75) is 6.92 Å². The van der Waals surface area contributed by atoms with E-state index >= 15 is 0 Å². The molecular formula is C12H18N2O2. The predicted octanol–water partition coefficient (Wildman–Crippen LogP) is 1.89. The molecule has 1 aliphatic rings. The SMILES string of the molecule is CC(=O)c1ccc(N2CCOCC2)cc1.N. The highest BCUT2D eigenvalue weighted by atomic mass is 16.5. The van der Waals surface area contributed by atoms with Crippen molar-refractivity contribution in [3.05, 3.63) is 29.8 Å². The number of rotatable bonds is 2. The topological polar surface area (TPSA) is 64.5 Å². The molecule has 3 N–H and O–H groups in total. The Labute approximate surface area is 95.8 Å². The Morgan fingerprint density at radius 1 is 1.19 bits per heavy atom. The van der Waals surface area contributed by atoms with Gasteiger partial charge < -0.3 is 15.8 Å². The van der Waals surface area contributed by atoms with E-state index in [1.54, 1.807) is 6.92 Å². The Morgan fingerprint density at radius 2 is 1.75 bits per heavy atom. The summed E-state index contributed by atoms with van der Waals surface area (Å²) in [5.74, 6) is 0.114. The summed E-state index contributed by atoms with van der Waals surface area (Å²) in [5.41, 5.74) is 1.94. The van der Waals surface area contributed by atoms with Crippen molar-refractivity contribution in [1.82, 2.24) is 6.15 Å². The van der Waals surface area contributed by atoms with E-state index in [4.69, 9.17) is 4.74 Å². The van der Waals surface area contributed by atoms with Crippen molar-refractivity contribution >= 4 is 11.5 Å². The molecule has 0 bridgehead atoms. The van der Waals surface area contributed by atoms with Gasteiger partial charge in [-0.2, -0.15) is 0 Å². The lowest BCUT2D eigenvalue weighted by Gasteiger charge is -2.28. The van der Waals surface area contributed by atoms with E-state index in [1.165, 1.54) is 5.69 Å². The van der Waals surface area contributed by atoms with E-state index in [-0.39, 0.29) is 11.9 Å². The molecule has 1 aromatic rings. The number of benzene rings is 1. The highest BCUT2D eigenvalue weighted by Gasteiger charge is 2.10. The van der Waals surface area contributed by atoms with Crippen molar-refractivity contribution in [1.29, 1.82) is 0 Å². The third-order valence-electron chi connectivity index (χ3n) is 2.65. The molecule has 1 fully saturated rings. The van der Waals surface area contributed by atoms with Gasteiger partial charge >= 0.3 is 0 Å². The van der Waals surface area contributed by atoms with Gasteiger partial charge in [0.15, 0.2) is 5.78 Å². The van der Waals surface area contributed by atoms with Gasteiger partial charge in [0.1, 0.15) is 0 Å². The average Bonchev–Trinajstić information content (AvgIpc) is 2.30. The Kier molecular flexibility index (Phi) is 4.46. The van der Waals surface area contributed by atoms with E-state index < -0.39 is 0 Å². The lowest BCUT2D eigenvalue weighted by Crippen LogP contribution is -2.36. The summed E-state index contributed by atoms with van der Waals surface area (Å²) in [6, 6.07) is 7.77. The lowest BCUT2D eigenvalue weighted by molar-refractivity contribution is 0.101. The fraction of sp³-hybridized carbons (Fsp3) is 0.417. The number of carbonyl (C=O) groups excluding carboxylic acids is 1. The maximum Gasteiger partial charge on any atom is 0.159 e. The predicted molar refractivity (Wildman–Crippen MR) is 64.5 cm³/mol. The van der Waals surface area contributed by atoms with Gasteiger partial charge in [-0.15, -0.1) is 0 Å². The van der Waals surface area contributed by atoms with Gasteiger partial charge in [-0.05, 0) is 31.2 Å². The van der Waals surface area contributed by atoms with Gasteiger partial charge in [-0.3, -0.25) is 4.79 Å². The van der Waals surface area contributed by atoms with Crippen LogP contribution in [0.25, 0.3) is 0 Å². The van der Waals surface area contributed by atoms with E-state index in [2.05, 4.69) is 4.90 Å². The maximum absolute atomic E-state index is 11.1. The standard InChI is InChI=1S/C12H15NO2.H3N/c1-10(14)11-2-4-12(5-3-11)13-6-8-15-9-7-13;/h2-5H,6-9H2,1H3;1H3. The molecule has 0 radical (unpaired) electrons. The molecule has 1 aliphatic heterocycles. The quantitative estimate of drug-likeness (QED) is 0.776. The maximum atomic E-state index is 11.1. The second-order valence-corrected chi connectivity index (χ2v) is 3.70. The van der Waals surface area contributed by atoms with Crippen LogP contribution < -0.4 is 11.1 Å². The molecule has 1 aromatic carbocycles. The van der Waals surface area contributed by atoms with E-state index in [1.807, 2.05) is 24.3 Å². The van der Waals surface area contributed by atoms with Crippen LogP contribution >= 0.6 is 0 Å². The van der Waals surface area contributed by atoms with Gasteiger partial charge in [0.25, 0.3) is 0 Å². The first kappa shape index (κ1) is 12.7. The number of anilines is 1. The van der Waals surface area contributed by atoms with Crippen LogP contribution in [0.4, 0.5) is 5.69 Å². The zero-order chi connectivity index (χ0) is 10.7. The van der Waals surface area contributed by atoms with E-state index in [0.717, 1.165) is 31.9 Å². The lowest BCUT2D eigenvalue weighted by atomic mass is 10.1. The van der Waals surface area contributed by atoms with Crippen LogP contribution in [0.2, 0.25) is 0 Å². The molecule has 4 nitrogen and oxygen atoms in total. The number of morpholine rings is 1. The summed E-state index contributed by atoms with van der Waals surface area (Å²) in [6.45, 7) is 5.02. The van der Waals surface area contributed by atoms with Gasteiger partial charge in [0.05, 0.1) is 13.2 Å². The summed E-state index contributed by atoms with van der Waals surface area (Å²) in [4.78, 5) is 13.4. The van der Waals surface area contributed by atoms with Crippen LogP contribution in [0.5, 0.6) is 0 Å². The van der Waals surface area contributed by atoms with Crippen LogP contribution in [-0.4, -0.2) is 32.1 Å². The monoisotopic (exact) mass is 222 g/mol. The number of nitrogens with zero attached hydrogens (tertiary/aromatic N) is 1. The summed E-state index contributed by atoms with van der Waals surface area (Å²) < 4.78 is 5.29. The fourth-order valence-corrected chi connectivity index (χ4v) is 1.73. The highest BCUT2D eigenvalue weighted by molar-refractivity contribution is 5.94. The van der Waals surface area contributed by atoms with Gasteiger partial charge in [-0.25, -0.2) is 0 Å². The first-order valence-corrected chi connectivity index (χ1v) is 5.21. The summed E-state index contributed by atoms with van der Waals surface area (Å²) in [6.07, 6.45) is 0. The van der Waals surface area contributed by atoms with Gasteiger partial charge in [-0.1, -0.05) is 0 Å². The summed E-state index contributed by atoms with van der Waals surface area (Å²) in [7, 11) is 0. The normalized spacial score (nSPS) is 15.4. The zero-order valence-corrected chi connectivity index (χ0v) is 9.61. The minimum absolute atomic E-state index is 0. The molecule has 0 amide bonds. The van der Waals surface area contributed by atoms with Gasteiger partial charge in [0.2, 0.25) is 0 Å². The molecule has 1 saturated heterocycles. The first-order valence-electron chi connectivity index (χ1n) is 5.21. The van der Waals surface area contributed by atoms with Crippen LogP contribution in [0.3, 0.4) is 0 Å². The van der Waals surface area contributed by atoms with Crippen molar-refractivity contribution < 1.29 is 9.53 Å². The van der Waals surface area contributed by atoms with Gasteiger partial charge in [0, 0.05) is 24.3 Å². The number of ether oxygens (including phenoxy) is 1. The Balaban J connectivity index is 0.00000128. The molecule has 0 unspecified atom stereocenters. The molecule has 1 heterocycles. The minimum atomic E-state index is 0. The molecule has 16 heavy (non-hydrogen) atoms. The van der Waals surface area contributed by atoms with Crippen molar-refractivity contribution in [2.75, 3.05) is 31.2 Å². The Bertz CT molecular complexity index is 343. The highest BCUT2D eigenvalue weighted by Crippen LogP contribution is 2.16. The molecule has 88 valence electrons. The molecular weight excluding hydrogens is 204 g/mol. The minimum Gasteiger partial charge on any atom is -0.378 e. The zero-order valence-electron chi connectivity index (χ0n) is 9.61. The van der Waals surface area contributed by atoms with Crippen LogP contribution in [0, 0.1) is 0 Å². The van der Waals surface area contributed by atoms with Crippen molar-refractivity contribution in [3.63, 3.8) is 0 Å². The molecule has 4 heteroatoms. The Morgan fingerprint density at radius 3 is 2.25 bits per heavy atom. The van der Waals surface area contributed by atoms with Crippen LogP contribution in [0.1, 0.15) is 17.3 Å². The van der Waals surface area contributed by atoms with Crippen molar-refractivity contribution in [3.8, 4) is 0 Å². The van der Waals surface area contributed by atoms with Crippen LogP contribution in [-0.2, 0) is 4.74 Å². The molecule has 0 aliphatic carbocycles. The third-order valence-corrected chi connectivity index (χ3v) is 2.65. The number of hydrogen-bond acceptors (Lipinski definition) is 4. The first-order chi connectivity index (χ1) is 7.27. The number of Topliss-reactive ketones (excluding diaryl/α,β-unsaturated/α-hetero) is 1. The van der Waals surface area contributed by atoms with Crippen LogP contribution in [0.15, 0.2) is 24.3 Å².